The zero-order chi connectivity index (χ0) is 17.6. The maximum Gasteiger partial charge on any atom is 0.255 e. The molecule has 25 heavy (non-hydrogen) atoms. The van der Waals surface area contributed by atoms with E-state index in [0.29, 0.717) is 23.0 Å². The van der Waals surface area contributed by atoms with E-state index in [9.17, 15) is 4.79 Å². The summed E-state index contributed by atoms with van der Waals surface area (Å²) in [5, 5.41) is 6.63. The molecule has 0 saturated carbocycles. The van der Waals surface area contributed by atoms with Crippen LogP contribution in [0.1, 0.15) is 22.1 Å². The molecule has 0 saturated heterocycles. The quantitative estimate of drug-likeness (QED) is 0.675. The maximum absolute atomic E-state index is 12.3. The van der Waals surface area contributed by atoms with Crippen molar-refractivity contribution in [1.82, 2.24) is 10.1 Å². The van der Waals surface area contributed by atoms with Crippen LogP contribution in [0.2, 0.25) is 0 Å². The number of nitrogens with one attached hydrogen (secondary N) is 1. The van der Waals surface area contributed by atoms with Crippen LogP contribution in [0.5, 0.6) is 5.75 Å². The highest BCUT2D eigenvalue weighted by Crippen LogP contribution is 2.19. The summed E-state index contributed by atoms with van der Waals surface area (Å²) in [6.45, 7) is 1.93. The molecule has 0 aliphatic heterocycles. The van der Waals surface area contributed by atoms with Crippen LogP contribution >= 0.6 is 11.8 Å². The lowest BCUT2D eigenvalue weighted by Crippen LogP contribution is -2.11. The van der Waals surface area contributed by atoms with Gasteiger partial charge in [-0.2, -0.15) is 4.98 Å². The van der Waals surface area contributed by atoms with Crippen molar-refractivity contribution in [3.63, 3.8) is 0 Å². The average molecular weight is 355 g/mol. The predicted octanol–water partition coefficient (Wildman–Crippen LogP) is 3.93. The lowest BCUT2D eigenvalue weighted by molar-refractivity contribution is 0.102. The average Bonchev–Trinajstić information content (AvgIpc) is 3.06. The van der Waals surface area contributed by atoms with Crippen LogP contribution in [0.3, 0.4) is 0 Å². The fourth-order valence-electron chi connectivity index (χ4n) is 2.13. The van der Waals surface area contributed by atoms with Crippen molar-refractivity contribution in [3.8, 4) is 5.75 Å². The molecule has 0 spiro atoms. The summed E-state index contributed by atoms with van der Waals surface area (Å²) in [4.78, 5) is 17.5. The van der Waals surface area contributed by atoms with Crippen molar-refractivity contribution >= 4 is 23.4 Å². The van der Waals surface area contributed by atoms with Gasteiger partial charge < -0.3 is 14.6 Å². The molecule has 1 amide bonds. The second-order valence-electron chi connectivity index (χ2n) is 5.23. The van der Waals surface area contributed by atoms with Crippen molar-refractivity contribution in [3.05, 3.63) is 65.8 Å². The zero-order valence-electron chi connectivity index (χ0n) is 13.9. The Balaban J connectivity index is 1.57. The number of hydrogen-bond acceptors (Lipinski definition) is 6. The number of carbonyl (C=O) groups excluding carboxylic acids is 1. The molecule has 0 bridgehead atoms. The number of anilines is 1. The van der Waals surface area contributed by atoms with Crippen LogP contribution in [-0.4, -0.2) is 22.3 Å². The smallest absolute Gasteiger partial charge is 0.255 e. The molecular formula is C18H17N3O3S. The van der Waals surface area contributed by atoms with Crippen LogP contribution in [0, 0.1) is 6.92 Å². The number of ether oxygens (including phenoxy) is 1. The summed E-state index contributed by atoms with van der Waals surface area (Å²) in [5.41, 5.74) is 1.31. The maximum atomic E-state index is 12.3. The molecule has 3 rings (SSSR count). The number of carbonyl (C=O) groups is 1. The molecule has 128 valence electrons. The standard InChI is InChI=1S/C18H17N3O3S/c1-12-19-17(21-24-12)11-23-15-7-3-13(4-8-15)18(22)20-14-5-9-16(25-2)10-6-14/h3-10H,11H2,1-2H3,(H,20,22). The number of benzene rings is 2. The summed E-state index contributed by atoms with van der Waals surface area (Å²) in [5.74, 6) is 1.43. The molecule has 2 aromatic carbocycles. The van der Waals surface area contributed by atoms with E-state index in [1.165, 1.54) is 0 Å². The molecule has 0 fully saturated rings. The Morgan fingerprint density at radius 1 is 1.16 bits per heavy atom. The number of thioether (sulfide) groups is 1. The van der Waals surface area contributed by atoms with Crippen LogP contribution < -0.4 is 10.1 Å². The number of amides is 1. The molecule has 6 nitrogen and oxygen atoms in total. The molecule has 1 heterocycles. The minimum atomic E-state index is -0.169. The van der Waals surface area contributed by atoms with Gasteiger partial charge in [0.1, 0.15) is 5.75 Å². The highest BCUT2D eigenvalue weighted by Gasteiger charge is 2.07. The molecule has 0 atom stereocenters. The Morgan fingerprint density at radius 2 is 1.88 bits per heavy atom. The highest BCUT2D eigenvalue weighted by atomic mass is 32.2. The van der Waals surface area contributed by atoms with Gasteiger partial charge in [-0.05, 0) is 54.8 Å². The third-order valence-corrected chi connectivity index (χ3v) is 4.15. The molecule has 0 aliphatic carbocycles. The van der Waals surface area contributed by atoms with E-state index in [1.807, 2.05) is 30.5 Å². The van der Waals surface area contributed by atoms with E-state index in [0.717, 1.165) is 10.6 Å². The van der Waals surface area contributed by atoms with E-state index in [1.54, 1.807) is 43.0 Å². The van der Waals surface area contributed by atoms with Gasteiger partial charge in [-0.15, -0.1) is 11.8 Å². The summed E-state index contributed by atoms with van der Waals surface area (Å²) in [6, 6.07) is 14.6. The first-order valence-electron chi connectivity index (χ1n) is 7.61. The fourth-order valence-corrected chi connectivity index (χ4v) is 2.54. The first-order chi connectivity index (χ1) is 12.1. The summed E-state index contributed by atoms with van der Waals surface area (Å²) in [7, 11) is 0. The van der Waals surface area contributed by atoms with Gasteiger partial charge in [-0.3, -0.25) is 4.79 Å². The summed E-state index contributed by atoms with van der Waals surface area (Å²) < 4.78 is 10.4. The largest absolute Gasteiger partial charge is 0.485 e. The van der Waals surface area contributed by atoms with Gasteiger partial charge in [0, 0.05) is 23.1 Å². The zero-order valence-corrected chi connectivity index (χ0v) is 14.7. The Hall–Kier alpha value is -2.80. The Bertz CT molecular complexity index is 845. The van der Waals surface area contributed by atoms with Gasteiger partial charge >= 0.3 is 0 Å². The molecule has 1 aromatic heterocycles. The number of aromatic nitrogens is 2. The molecule has 0 aliphatic rings. The van der Waals surface area contributed by atoms with E-state index < -0.39 is 0 Å². The van der Waals surface area contributed by atoms with Crippen LogP contribution in [0.25, 0.3) is 0 Å². The van der Waals surface area contributed by atoms with Crippen LogP contribution in [0.4, 0.5) is 5.69 Å². The minimum absolute atomic E-state index is 0.169. The van der Waals surface area contributed by atoms with Gasteiger partial charge in [-0.1, -0.05) is 5.16 Å². The SMILES string of the molecule is CSc1ccc(NC(=O)c2ccc(OCc3noc(C)n3)cc2)cc1. The third kappa shape index (κ3) is 4.60. The van der Waals surface area contributed by atoms with E-state index in [-0.39, 0.29) is 12.5 Å². The van der Waals surface area contributed by atoms with Gasteiger partial charge in [0.2, 0.25) is 11.7 Å². The van der Waals surface area contributed by atoms with Crippen molar-refractivity contribution in [2.45, 2.75) is 18.4 Å². The van der Waals surface area contributed by atoms with E-state index in [4.69, 9.17) is 9.26 Å². The number of nitrogens with zero attached hydrogens (tertiary/aromatic N) is 2. The Labute approximate surface area is 149 Å². The normalized spacial score (nSPS) is 10.5. The summed E-state index contributed by atoms with van der Waals surface area (Å²) >= 11 is 1.66. The third-order valence-electron chi connectivity index (χ3n) is 3.40. The van der Waals surface area contributed by atoms with Crippen LogP contribution in [0.15, 0.2) is 57.9 Å². The van der Waals surface area contributed by atoms with Crippen molar-refractivity contribution in [2.75, 3.05) is 11.6 Å². The first-order valence-corrected chi connectivity index (χ1v) is 8.84. The molecule has 0 unspecified atom stereocenters. The predicted molar refractivity (Wildman–Crippen MR) is 96.0 cm³/mol. The number of hydrogen-bond donors (Lipinski definition) is 1. The lowest BCUT2D eigenvalue weighted by Gasteiger charge is -2.07. The van der Waals surface area contributed by atoms with Gasteiger partial charge in [0.25, 0.3) is 5.91 Å². The lowest BCUT2D eigenvalue weighted by atomic mass is 10.2. The van der Waals surface area contributed by atoms with Gasteiger partial charge in [0.05, 0.1) is 0 Å². The minimum Gasteiger partial charge on any atom is -0.485 e. The van der Waals surface area contributed by atoms with Gasteiger partial charge in [-0.25, -0.2) is 0 Å². The second-order valence-corrected chi connectivity index (χ2v) is 6.10. The van der Waals surface area contributed by atoms with Crippen molar-refractivity contribution < 1.29 is 14.1 Å². The van der Waals surface area contributed by atoms with E-state index >= 15 is 0 Å². The van der Waals surface area contributed by atoms with E-state index in [2.05, 4.69) is 15.5 Å². The molecular weight excluding hydrogens is 338 g/mol. The monoisotopic (exact) mass is 355 g/mol. The molecule has 1 N–H and O–H groups in total. The second kappa shape index (κ2) is 7.85. The summed E-state index contributed by atoms with van der Waals surface area (Å²) in [6.07, 6.45) is 2.01. The number of aryl methyl sites for hydroxylation is 1. The fraction of sp³-hybridized carbons (Fsp3) is 0.167. The molecule has 7 heteroatoms. The van der Waals surface area contributed by atoms with Crippen molar-refractivity contribution in [2.24, 2.45) is 0 Å². The van der Waals surface area contributed by atoms with Gasteiger partial charge in [0.15, 0.2) is 6.61 Å². The highest BCUT2D eigenvalue weighted by molar-refractivity contribution is 7.98. The molecule has 0 radical (unpaired) electrons. The Kier molecular flexibility index (Phi) is 5.35. The molecule has 3 aromatic rings. The topological polar surface area (TPSA) is 77.2 Å². The van der Waals surface area contributed by atoms with Crippen LogP contribution in [-0.2, 0) is 6.61 Å². The van der Waals surface area contributed by atoms with Crippen molar-refractivity contribution in [1.29, 1.82) is 0 Å². The number of rotatable bonds is 6. The Morgan fingerprint density at radius 3 is 2.48 bits per heavy atom. The first kappa shape index (κ1) is 17.0.